The van der Waals surface area contributed by atoms with Crippen molar-refractivity contribution >= 4 is 0 Å². The average molecular weight is 223 g/mol. The second-order valence-corrected chi connectivity index (χ2v) is 4.90. The maximum Gasteiger partial charge on any atom is 0.0947 e. The summed E-state index contributed by atoms with van der Waals surface area (Å²) in [6.07, 6.45) is 4.67. The third-order valence-electron chi connectivity index (χ3n) is 3.71. The highest BCUT2D eigenvalue weighted by atomic mass is 16.3. The molecule has 1 unspecified atom stereocenters. The molecule has 1 atom stereocenters. The zero-order valence-electron chi connectivity index (χ0n) is 10.1. The summed E-state index contributed by atoms with van der Waals surface area (Å²) >= 11 is 0. The molecule has 0 saturated carbocycles. The van der Waals surface area contributed by atoms with Crippen LogP contribution in [-0.4, -0.2) is 49.1 Å². The molecule has 2 N–H and O–H groups in total. The van der Waals surface area contributed by atoms with Gasteiger partial charge in [0, 0.05) is 30.7 Å². The molecule has 1 fully saturated rings. The number of rotatable bonds is 4. The van der Waals surface area contributed by atoms with Crippen LogP contribution in [0.2, 0.25) is 0 Å². The molecule has 1 aromatic heterocycles. The fraction of sp³-hybridized carbons (Fsp3) is 0.667. The summed E-state index contributed by atoms with van der Waals surface area (Å²) in [4.78, 5) is 4.71. The number of hydrogen-bond acceptors (Lipinski definition) is 4. The highest BCUT2D eigenvalue weighted by molar-refractivity contribution is 5.07. The Morgan fingerprint density at radius 3 is 2.94 bits per heavy atom. The van der Waals surface area contributed by atoms with Crippen molar-refractivity contribution in [2.45, 2.75) is 18.5 Å². The van der Waals surface area contributed by atoms with Gasteiger partial charge in [-0.2, -0.15) is 0 Å². The summed E-state index contributed by atoms with van der Waals surface area (Å²) in [6.45, 7) is 3.80. The van der Waals surface area contributed by atoms with Gasteiger partial charge in [-0.3, -0.25) is 4.90 Å². The number of likely N-dealkylation sites (N-methyl/N-ethyl adjacent to an activating group) is 2. The van der Waals surface area contributed by atoms with Gasteiger partial charge in [-0.1, -0.05) is 0 Å². The van der Waals surface area contributed by atoms with E-state index >= 15 is 0 Å². The Morgan fingerprint density at radius 1 is 1.62 bits per heavy atom. The topological polar surface area (TPSA) is 45.6 Å². The lowest BCUT2D eigenvalue weighted by molar-refractivity contribution is 0.125. The number of hydrogen-bond donors (Lipinski definition) is 1. The van der Waals surface area contributed by atoms with Gasteiger partial charge >= 0.3 is 0 Å². The minimum absolute atomic E-state index is 0.131. The number of furan rings is 1. The molecule has 0 amide bonds. The van der Waals surface area contributed by atoms with E-state index in [0.717, 1.165) is 26.1 Å². The largest absolute Gasteiger partial charge is 0.472 e. The molecule has 1 aromatic rings. The van der Waals surface area contributed by atoms with Crippen molar-refractivity contribution in [3.63, 3.8) is 0 Å². The minimum atomic E-state index is 0.131. The first-order valence-electron chi connectivity index (χ1n) is 5.77. The fourth-order valence-electron chi connectivity index (χ4n) is 2.52. The van der Waals surface area contributed by atoms with Crippen molar-refractivity contribution in [3.05, 3.63) is 24.2 Å². The van der Waals surface area contributed by atoms with E-state index in [2.05, 4.69) is 23.9 Å². The van der Waals surface area contributed by atoms with Crippen molar-refractivity contribution in [2.24, 2.45) is 5.73 Å². The maximum atomic E-state index is 5.97. The van der Waals surface area contributed by atoms with Crippen LogP contribution in [-0.2, 0) is 6.54 Å². The van der Waals surface area contributed by atoms with Crippen LogP contribution in [0.15, 0.2) is 23.0 Å². The summed E-state index contributed by atoms with van der Waals surface area (Å²) in [7, 11) is 4.31. The van der Waals surface area contributed by atoms with Crippen LogP contribution in [0.4, 0.5) is 0 Å². The van der Waals surface area contributed by atoms with Gasteiger partial charge < -0.3 is 15.1 Å². The third-order valence-corrected chi connectivity index (χ3v) is 3.71. The van der Waals surface area contributed by atoms with Crippen molar-refractivity contribution < 1.29 is 4.42 Å². The molecule has 1 saturated heterocycles. The molecule has 0 bridgehead atoms. The Bertz CT molecular complexity index is 325. The summed E-state index contributed by atoms with van der Waals surface area (Å²) in [5.74, 6) is 0. The van der Waals surface area contributed by atoms with Crippen LogP contribution in [0.5, 0.6) is 0 Å². The van der Waals surface area contributed by atoms with Gasteiger partial charge in [-0.15, -0.1) is 0 Å². The standard InChI is InChI=1S/C12H21N3O/c1-14-5-4-12(9-13,10-14)15(2)7-11-3-6-16-8-11/h3,6,8H,4-5,7,9-10,13H2,1-2H3. The Hall–Kier alpha value is -0.840. The quantitative estimate of drug-likeness (QED) is 0.818. The first-order valence-corrected chi connectivity index (χ1v) is 5.77. The van der Waals surface area contributed by atoms with Gasteiger partial charge in [-0.25, -0.2) is 0 Å². The molecular weight excluding hydrogens is 202 g/mol. The molecule has 2 rings (SSSR count). The Labute approximate surface area is 97.0 Å². The molecule has 0 radical (unpaired) electrons. The maximum absolute atomic E-state index is 5.97. The SMILES string of the molecule is CN1CCC(CN)(N(C)Cc2ccoc2)C1. The highest BCUT2D eigenvalue weighted by Crippen LogP contribution is 2.26. The first kappa shape index (κ1) is 11.6. The minimum Gasteiger partial charge on any atom is -0.472 e. The zero-order chi connectivity index (χ0) is 11.6. The molecule has 1 aliphatic rings. The summed E-state index contributed by atoms with van der Waals surface area (Å²) < 4.78 is 5.10. The van der Waals surface area contributed by atoms with Crippen molar-refractivity contribution in [2.75, 3.05) is 33.7 Å². The van der Waals surface area contributed by atoms with Crippen molar-refractivity contribution in [3.8, 4) is 0 Å². The third kappa shape index (κ3) is 2.14. The first-order chi connectivity index (χ1) is 7.66. The number of nitrogens with zero attached hydrogens (tertiary/aromatic N) is 2. The summed E-state index contributed by atoms with van der Waals surface area (Å²) in [5, 5.41) is 0. The van der Waals surface area contributed by atoms with Crippen LogP contribution >= 0.6 is 0 Å². The van der Waals surface area contributed by atoms with Crippen molar-refractivity contribution in [1.82, 2.24) is 9.80 Å². The molecular formula is C12H21N3O. The lowest BCUT2D eigenvalue weighted by atomic mass is 9.96. The van der Waals surface area contributed by atoms with E-state index in [1.165, 1.54) is 5.56 Å². The Kier molecular flexibility index (Phi) is 3.33. The van der Waals surface area contributed by atoms with Gasteiger partial charge in [0.2, 0.25) is 0 Å². The van der Waals surface area contributed by atoms with E-state index in [1.807, 2.05) is 6.07 Å². The van der Waals surface area contributed by atoms with E-state index in [-0.39, 0.29) is 5.54 Å². The van der Waals surface area contributed by atoms with E-state index in [0.29, 0.717) is 6.54 Å². The zero-order valence-corrected chi connectivity index (χ0v) is 10.1. The molecule has 0 aromatic carbocycles. The molecule has 16 heavy (non-hydrogen) atoms. The van der Waals surface area contributed by atoms with Crippen LogP contribution in [0.25, 0.3) is 0 Å². The lowest BCUT2D eigenvalue weighted by Gasteiger charge is -2.37. The summed E-state index contributed by atoms with van der Waals surface area (Å²) in [5.41, 5.74) is 7.31. The van der Waals surface area contributed by atoms with Crippen LogP contribution in [0.1, 0.15) is 12.0 Å². The predicted molar refractivity (Wildman–Crippen MR) is 64.1 cm³/mol. The molecule has 90 valence electrons. The fourth-order valence-corrected chi connectivity index (χ4v) is 2.52. The monoisotopic (exact) mass is 223 g/mol. The Morgan fingerprint density at radius 2 is 2.44 bits per heavy atom. The molecule has 2 heterocycles. The van der Waals surface area contributed by atoms with Crippen LogP contribution in [0, 0.1) is 0 Å². The second kappa shape index (κ2) is 4.57. The molecule has 4 heteroatoms. The summed E-state index contributed by atoms with van der Waals surface area (Å²) in [6, 6.07) is 2.01. The lowest BCUT2D eigenvalue weighted by Crippen LogP contribution is -2.53. The molecule has 1 aliphatic heterocycles. The second-order valence-electron chi connectivity index (χ2n) is 4.90. The smallest absolute Gasteiger partial charge is 0.0947 e. The molecule has 0 aliphatic carbocycles. The highest BCUT2D eigenvalue weighted by Gasteiger charge is 2.38. The molecule has 4 nitrogen and oxygen atoms in total. The van der Waals surface area contributed by atoms with Gasteiger partial charge in [0.15, 0.2) is 0 Å². The Balaban J connectivity index is 2.04. The normalized spacial score (nSPS) is 26.8. The van der Waals surface area contributed by atoms with Gasteiger partial charge in [-0.05, 0) is 33.1 Å². The van der Waals surface area contributed by atoms with E-state index in [9.17, 15) is 0 Å². The molecule has 0 spiro atoms. The number of likely N-dealkylation sites (tertiary alicyclic amines) is 1. The van der Waals surface area contributed by atoms with E-state index in [4.69, 9.17) is 10.2 Å². The van der Waals surface area contributed by atoms with E-state index in [1.54, 1.807) is 12.5 Å². The van der Waals surface area contributed by atoms with Crippen LogP contribution < -0.4 is 5.73 Å². The van der Waals surface area contributed by atoms with Crippen molar-refractivity contribution in [1.29, 1.82) is 0 Å². The van der Waals surface area contributed by atoms with E-state index < -0.39 is 0 Å². The van der Waals surface area contributed by atoms with Gasteiger partial charge in [0.05, 0.1) is 12.5 Å². The number of nitrogens with two attached hydrogens (primary N) is 1. The average Bonchev–Trinajstić information content (AvgIpc) is 2.88. The van der Waals surface area contributed by atoms with Gasteiger partial charge in [0.1, 0.15) is 0 Å². The van der Waals surface area contributed by atoms with Crippen LogP contribution in [0.3, 0.4) is 0 Å². The van der Waals surface area contributed by atoms with Gasteiger partial charge in [0.25, 0.3) is 0 Å². The predicted octanol–water partition coefficient (Wildman–Crippen LogP) is 0.744.